The van der Waals surface area contributed by atoms with Gasteiger partial charge in [-0.3, -0.25) is 10.1 Å². The molecule has 116 valence electrons. The highest BCUT2D eigenvalue weighted by Crippen LogP contribution is 2.34. The number of benzene rings is 2. The average molecular weight is 368 g/mol. The lowest BCUT2D eigenvalue weighted by atomic mass is 10.2. The number of methoxy groups -OCH3 is 1. The summed E-state index contributed by atoms with van der Waals surface area (Å²) < 4.78 is 11.6. The summed E-state index contributed by atoms with van der Waals surface area (Å²) in [5, 5.41) is 20.0. The van der Waals surface area contributed by atoms with E-state index in [1.165, 1.54) is 19.2 Å². The minimum Gasteiger partial charge on any atom is -0.493 e. The van der Waals surface area contributed by atoms with E-state index in [1.807, 2.05) is 0 Å². The fourth-order valence-corrected chi connectivity index (χ4v) is 2.34. The largest absolute Gasteiger partial charge is 0.493 e. The maximum atomic E-state index is 10.8. The van der Waals surface area contributed by atoms with Crippen LogP contribution in [0.3, 0.4) is 0 Å². The molecule has 0 aliphatic rings. The summed E-state index contributed by atoms with van der Waals surface area (Å²) in [5.74, 6) is 0.968. The molecule has 0 aromatic heterocycles. The molecule has 0 heterocycles. The molecule has 22 heavy (non-hydrogen) atoms. The van der Waals surface area contributed by atoms with Crippen LogP contribution >= 0.6 is 15.9 Å². The summed E-state index contributed by atoms with van der Waals surface area (Å²) in [6, 6.07) is 9.62. The first-order chi connectivity index (χ1) is 10.5. The van der Waals surface area contributed by atoms with Gasteiger partial charge in [0.2, 0.25) is 0 Å². The molecule has 0 saturated carbocycles. The molecule has 0 radical (unpaired) electrons. The average Bonchev–Trinajstić information content (AvgIpc) is 2.53. The fraction of sp³-hybridized carbons (Fsp3) is 0.200. The van der Waals surface area contributed by atoms with Crippen molar-refractivity contribution in [3.63, 3.8) is 0 Å². The van der Waals surface area contributed by atoms with Crippen LogP contribution in [0.25, 0.3) is 0 Å². The van der Waals surface area contributed by atoms with E-state index in [9.17, 15) is 15.2 Å². The predicted molar refractivity (Wildman–Crippen MR) is 84.0 cm³/mol. The van der Waals surface area contributed by atoms with Gasteiger partial charge in [0.05, 0.1) is 18.6 Å². The molecule has 2 rings (SSSR count). The molecule has 0 fully saturated rings. The van der Waals surface area contributed by atoms with Crippen molar-refractivity contribution in [2.75, 3.05) is 7.11 Å². The highest BCUT2D eigenvalue weighted by atomic mass is 79.9. The lowest BCUT2D eigenvalue weighted by molar-refractivity contribution is -0.384. The number of halogens is 1. The number of nitrogens with zero attached hydrogens (tertiary/aromatic N) is 1. The van der Waals surface area contributed by atoms with Gasteiger partial charge in [-0.25, -0.2) is 0 Å². The summed E-state index contributed by atoms with van der Waals surface area (Å²) in [5.41, 5.74) is 1.38. The van der Waals surface area contributed by atoms with E-state index in [-0.39, 0.29) is 18.9 Å². The molecule has 0 aliphatic carbocycles. The van der Waals surface area contributed by atoms with Crippen molar-refractivity contribution in [2.45, 2.75) is 13.2 Å². The van der Waals surface area contributed by atoms with Crippen molar-refractivity contribution in [3.05, 3.63) is 62.1 Å². The topological polar surface area (TPSA) is 81.8 Å². The summed E-state index contributed by atoms with van der Waals surface area (Å²) >= 11 is 3.34. The first-order valence-corrected chi connectivity index (χ1v) is 7.18. The quantitative estimate of drug-likeness (QED) is 0.624. The Morgan fingerprint density at radius 1 is 1.27 bits per heavy atom. The Morgan fingerprint density at radius 2 is 2.05 bits per heavy atom. The Kier molecular flexibility index (Phi) is 5.35. The van der Waals surface area contributed by atoms with Crippen molar-refractivity contribution in [1.29, 1.82) is 0 Å². The molecule has 0 unspecified atom stereocenters. The molecule has 0 amide bonds. The molecule has 7 heteroatoms. The Bertz CT molecular complexity index is 690. The highest BCUT2D eigenvalue weighted by molar-refractivity contribution is 9.10. The van der Waals surface area contributed by atoms with Crippen molar-refractivity contribution in [2.24, 2.45) is 0 Å². The molecule has 0 saturated heterocycles. The first-order valence-electron chi connectivity index (χ1n) is 6.38. The third-order valence-electron chi connectivity index (χ3n) is 3.02. The van der Waals surface area contributed by atoms with Crippen LogP contribution in [0, 0.1) is 10.1 Å². The number of ether oxygens (including phenoxy) is 2. The van der Waals surface area contributed by atoms with Gasteiger partial charge in [-0.15, -0.1) is 0 Å². The second-order valence-electron chi connectivity index (χ2n) is 4.47. The number of aliphatic hydroxyl groups is 1. The fourth-order valence-electron chi connectivity index (χ4n) is 1.89. The maximum absolute atomic E-state index is 10.8. The standard InChI is InChI=1S/C15H14BrNO5/c1-21-14-6-11(8-18)13(16)7-15(14)22-9-10-3-2-4-12(5-10)17(19)20/h2-7,18H,8-9H2,1H3. The van der Waals surface area contributed by atoms with Crippen LogP contribution in [0.15, 0.2) is 40.9 Å². The van der Waals surface area contributed by atoms with Crippen LogP contribution in [0.5, 0.6) is 11.5 Å². The summed E-state index contributed by atoms with van der Waals surface area (Å²) in [4.78, 5) is 10.3. The Balaban J connectivity index is 2.19. The van der Waals surface area contributed by atoms with E-state index in [1.54, 1.807) is 24.3 Å². The first kappa shape index (κ1) is 16.3. The van der Waals surface area contributed by atoms with E-state index >= 15 is 0 Å². The molecule has 0 aliphatic heterocycles. The van der Waals surface area contributed by atoms with Crippen molar-refractivity contribution >= 4 is 21.6 Å². The normalized spacial score (nSPS) is 10.3. The third kappa shape index (κ3) is 3.75. The smallest absolute Gasteiger partial charge is 0.269 e. The minimum atomic E-state index is -0.448. The lowest BCUT2D eigenvalue weighted by Crippen LogP contribution is -2.00. The van der Waals surface area contributed by atoms with E-state index < -0.39 is 4.92 Å². The number of aliphatic hydroxyl groups excluding tert-OH is 1. The molecular weight excluding hydrogens is 354 g/mol. The number of nitro groups is 1. The molecule has 0 spiro atoms. The van der Waals surface area contributed by atoms with Gasteiger partial charge in [0, 0.05) is 16.6 Å². The van der Waals surface area contributed by atoms with Crippen molar-refractivity contribution in [3.8, 4) is 11.5 Å². The van der Waals surface area contributed by atoms with Crippen LogP contribution in [-0.4, -0.2) is 17.1 Å². The zero-order valence-corrected chi connectivity index (χ0v) is 13.4. The van der Waals surface area contributed by atoms with E-state index in [2.05, 4.69) is 15.9 Å². The van der Waals surface area contributed by atoms with Crippen LogP contribution < -0.4 is 9.47 Å². The van der Waals surface area contributed by atoms with Crippen LogP contribution in [0.4, 0.5) is 5.69 Å². The van der Waals surface area contributed by atoms with Gasteiger partial charge >= 0.3 is 0 Å². The highest BCUT2D eigenvalue weighted by Gasteiger charge is 2.11. The van der Waals surface area contributed by atoms with Crippen molar-refractivity contribution < 1.29 is 19.5 Å². The minimum absolute atomic E-state index is 0.0184. The van der Waals surface area contributed by atoms with E-state index in [0.29, 0.717) is 27.1 Å². The Labute approximate surface area is 135 Å². The molecule has 1 N–H and O–H groups in total. The predicted octanol–water partition coefficient (Wildman–Crippen LogP) is 3.44. The second-order valence-corrected chi connectivity index (χ2v) is 5.32. The number of hydrogen-bond donors (Lipinski definition) is 1. The van der Waals surface area contributed by atoms with Gasteiger partial charge in [-0.1, -0.05) is 28.1 Å². The van der Waals surface area contributed by atoms with Crippen LogP contribution in [-0.2, 0) is 13.2 Å². The number of nitro benzene ring substituents is 1. The van der Waals surface area contributed by atoms with Gasteiger partial charge in [-0.2, -0.15) is 0 Å². The number of non-ortho nitro benzene ring substituents is 1. The Hall–Kier alpha value is -2.12. The molecule has 6 nitrogen and oxygen atoms in total. The van der Waals surface area contributed by atoms with Gasteiger partial charge in [0.25, 0.3) is 5.69 Å². The molecule has 2 aromatic carbocycles. The lowest BCUT2D eigenvalue weighted by Gasteiger charge is -2.13. The van der Waals surface area contributed by atoms with Crippen LogP contribution in [0.2, 0.25) is 0 Å². The molecular formula is C15H14BrNO5. The molecule has 2 aromatic rings. The molecule has 0 bridgehead atoms. The summed E-state index contributed by atoms with van der Waals surface area (Å²) in [6.45, 7) is 0.0467. The Morgan fingerprint density at radius 3 is 2.68 bits per heavy atom. The maximum Gasteiger partial charge on any atom is 0.269 e. The number of hydrogen-bond acceptors (Lipinski definition) is 5. The van der Waals surface area contributed by atoms with E-state index in [4.69, 9.17) is 9.47 Å². The summed E-state index contributed by atoms with van der Waals surface area (Å²) in [7, 11) is 1.50. The zero-order valence-electron chi connectivity index (χ0n) is 11.8. The third-order valence-corrected chi connectivity index (χ3v) is 3.76. The van der Waals surface area contributed by atoms with Crippen LogP contribution in [0.1, 0.15) is 11.1 Å². The van der Waals surface area contributed by atoms with Gasteiger partial charge in [0.15, 0.2) is 11.5 Å². The second kappa shape index (κ2) is 7.24. The van der Waals surface area contributed by atoms with Crippen molar-refractivity contribution in [1.82, 2.24) is 0 Å². The van der Waals surface area contributed by atoms with Gasteiger partial charge < -0.3 is 14.6 Å². The SMILES string of the molecule is COc1cc(CO)c(Br)cc1OCc1cccc([N+](=O)[O-])c1. The zero-order chi connectivity index (χ0) is 16.1. The number of rotatable bonds is 6. The van der Waals surface area contributed by atoms with E-state index in [0.717, 1.165) is 0 Å². The van der Waals surface area contributed by atoms with Gasteiger partial charge in [0.1, 0.15) is 6.61 Å². The summed E-state index contributed by atoms with van der Waals surface area (Å²) in [6.07, 6.45) is 0. The monoisotopic (exact) mass is 367 g/mol. The molecule has 0 atom stereocenters. The van der Waals surface area contributed by atoms with Gasteiger partial charge in [-0.05, 0) is 23.3 Å².